The number of likely N-dealkylation sites (tertiary alicyclic amines) is 1. The highest BCUT2D eigenvalue weighted by Crippen LogP contribution is 2.18. The van der Waals surface area contributed by atoms with Crippen LogP contribution in [-0.2, 0) is 19.1 Å². The van der Waals surface area contributed by atoms with E-state index in [0.29, 0.717) is 19.7 Å². The molecule has 2 fully saturated rings. The number of halogens is 1. The smallest absolute Gasteiger partial charge is 0.310 e. The van der Waals surface area contributed by atoms with Gasteiger partial charge in [-0.15, -0.1) is 12.4 Å². The minimum absolute atomic E-state index is 0. The molecule has 0 spiro atoms. The summed E-state index contributed by atoms with van der Waals surface area (Å²) in [5, 5.41) is 3.16. The fourth-order valence-corrected chi connectivity index (χ4v) is 2.91. The minimum atomic E-state index is -0.178. The lowest BCUT2D eigenvalue weighted by Crippen LogP contribution is -2.46. The lowest BCUT2D eigenvalue weighted by atomic mass is 9.98. The molecule has 0 aromatic rings. The second kappa shape index (κ2) is 10.0. The third kappa shape index (κ3) is 5.74. The molecule has 0 aliphatic carbocycles. The van der Waals surface area contributed by atoms with Gasteiger partial charge in [0.15, 0.2) is 0 Å². The van der Waals surface area contributed by atoms with Crippen LogP contribution in [0.25, 0.3) is 0 Å². The first-order chi connectivity index (χ1) is 10.2. The van der Waals surface area contributed by atoms with E-state index in [9.17, 15) is 9.59 Å². The first-order valence-electron chi connectivity index (χ1n) is 7.97. The summed E-state index contributed by atoms with van der Waals surface area (Å²) in [5.74, 6) is -0.287. The Balaban J connectivity index is 0.00000242. The van der Waals surface area contributed by atoms with E-state index in [-0.39, 0.29) is 36.3 Å². The van der Waals surface area contributed by atoms with Gasteiger partial charge in [0.1, 0.15) is 0 Å². The van der Waals surface area contributed by atoms with Crippen LogP contribution in [0.2, 0.25) is 0 Å². The molecule has 2 heterocycles. The third-order valence-electron chi connectivity index (χ3n) is 4.07. The molecule has 2 saturated heterocycles. The molecule has 2 aliphatic heterocycles. The van der Waals surface area contributed by atoms with E-state index in [0.717, 1.165) is 45.4 Å². The van der Waals surface area contributed by atoms with Gasteiger partial charge in [-0.1, -0.05) is 0 Å². The Morgan fingerprint density at radius 1 is 1.32 bits per heavy atom. The standard InChI is InChI=1S/C15H26N2O4.ClH/c1-2-20-15(19)12-5-3-7-17(11-12)14(18)10-16-9-13-6-4-8-21-13;/h12-13,16H,2-11H2,1H3;1H. The fraction of sp³-hybridized carbons (Fsp3) is 0.867. The van der Waals surface area contributed by atoms with Crippen LogP contribution in [0, 0.1) is 5.92 Å². The molecule has 128 valence electrons. The Morgan fingerprint density at radius 2 is 2.14 bits per heavy atom. The summed E-state index contributed by atoms with van der Waals surface area (Å²) >= 11 is 0. The molecular weight excluding hydrogens is 308 g/mol. The van der Waals surface area contributed by atoms with Gasteiger partial charge in [0.05, 0.1) is 25.2 Å². The molecular formula is C15H27ClN2O4. The molecule has 22 heavy (non-hydrogen) atoms. The number of esters is 1. The monoisotopic (exact) mass is 334 g/mol. The molecule has 7 heteroatoms. The van der Waals surface area contributed by atoms with Crippen molar-refractivity contribution >= 4 is 24.3 Å². The zero-order valence-electron chi connectivity index (χ0n) is 13.2. The van der Waals surface area contributed by atoms with Crippen molar-refractivity contribution in [2.45, 2.75) is 38.7 Å². The van der Waals surface area contributed by atoms with E-state index in [4.69, 9.17) is 9.47 Å². The van der Waals surface area contributed by atoms with E-state index in [2.05, 4.69) is 5.32 Å². The highest BCUT2D eigenvalue weighted by Gasteiger charge is 2.29. The Bertz CT molecular complexity index is 361. The van der Waals surface area contributed by atoms with Gasteiger partial charge >= 0.3 is 5.97 Å². The Hall–Kier alpha value is -0.850. The van der Waals surface area contributed by atoms with E-state index in [1.807, 2.05) is 0 Å². The van der Waals surface area contributed by atoms with Crippen molar-refractivity contribution in [2.75, 3.05) is 39.4 Å². The van der Waals surface area contributed by atoms with Gasteiger partial charge < -0.3 is 19.7 Å². The first-order valence-corrected chi connectivity index (χ1v) is 7.97. The quantitative estimate of drug-likeness (QED) is 0.733. The van der Waals surface area contributed by atoms with Gasteiger partial charge in [0.25, 0.3) is 0 Å². The van der Waals surface area contributed by atoms with Gasteiger partial charge in [-0.3, -0.25) is 9.59 Å². The van der Waals surface area contributed by atoms with Crippen LogP contribution in [0.1, 0.15) is 32.6 Å². The van der Waals surface area contributed by atoms with Crippen LogP contribution in [-0.4, -0.2) is 62.3 Å². The van der Waals surface area contributed by atoms with Gasteiger partial charge in [0.2, 0.25) is 5.91 Å². The summed E-state index contributed by atoms with van der Waals surface area (Å²) in [6.07, 6.45) is 4.09. The van der Waals surface area contributed by atoms with Crippen molar-refractivity contribution in [3.63, 3.8) is 0 Å². The average Bonchev–Trinajstić information content (AvgIpc) is 3.01. The lowest BCUT2D eigenvalue weighted by Gasteiger charge is -2.31. The predicted octanol–water partition coefficient (Wildman–Crippen LogP) is 0.978. The average molecular weight is 335 g/mol. The number of nitrogens with one attached hydrogen (secondary N) is 1. The molecule has 0 saturated carbocycles. The molecule has 1 amide bonds. The third-order valence-corrected chi connectivity index (χ3v) is 4.07. The number of ether oxygens (including phenoxy) is 2. The number of rotatable bonds is 6. The SMILES string of the molecule is CCOC(=O)C1CCCN(C(=O)CNCC2CCCO2)C1.Cl. The molecule has 2 aliphatic rings. The van der Waals surface area contributed by atoms with E-state index >= 15 is 0 Å². The second-order valence-corrected chi connectivity index (χ2v) is 5.70. The number of hydrogen-bond acceptors (Lipinski definition) is 5. The minimum Gasteiger partial charge on any atom is -0.466 e. The molecule has 0 aromatic heterocycles. The van der Waals surface area contributed by atoms with Crippen LogP contribution >= 0.6 is 12.4 Å². The van der Waals surface area contributed by atoms with Gasteiger partial charge in [-0.2, -0.15) is 0 Å². The molecule has 6 nitrogen and oxygen atoms in total. The number of amides is 1. The summed E-state index contributed by atoms with van der Waals surface area (Å²) < 4.78 is 10.6. The maximum atomic E-state index is 12.2. The Morgan fingerprint density at radius 3 is 2.82 bits per heavy atom. The highest BCUT2D eigenvalue weighted by atomic mass is 35.5. The van der Waals surface area contributed by atoms with Gasteiger partial charge in [0, 0.05) is 26.2 Å². The van der Waals surface area contributed by atoms with Crippen molar-refractivity contribution in [1.29, 1.82) is 0 Å². The number of piperidine rings is 1. The number of carbonyl (C=O) groups is 2. The molecule has 0 aromatic carbocycles. The molecule has 2 rings (SSSR count). The summed E-state index contributed by atoms with van der Waals surface area (Å²) in [7, 11) is 0. The lowest BCUT2D eigenvalue weighted by molar-refractivity contribution is -0.151. The topological polar surface area (TPSA) is 67.9 Å². The zero-order chi connectivity index (χ0) is 15.1. The van der Waals surface area contributed by atoms with E-state index in [1.54, 1.807) is 11.8 Å². The summed E-state index contributed by atoms with van der Waals surface area (Å²) in [5.41, 5.74) is 0. The van der Waals surface area contributed by atoms with Crippen molar-refractivity contribution in [3.05, 3.63) is 0 Å². The van der Waals surface area contributed by atoms with Crippen LogP contribution in [0.5, 0.6) is 0 Å². The Labute approximate surface area is 138 Å². The van der Waals surface area contributed by atoms with E-state index < -0.39 is 0 Å². The van der Waals surface area contributed by atoms with Crippen molar-refractivity contribution < 1.29 is 19.1 Å². The van der Waals surface area contributed by atoms with Crippen LogP contribution in [0.4, 0.5) is 0 Å². The van der Waals surface area contributed by atoms with Crippen molar-refractivity contribution in [3.8, 4) is 0 Å². The zero-order valence-corrected chi connectivity index (χ0v) is 14.0. The number of hydrogen-bond donors (Lipinski definition) is 1. The summed E-state index contributed by atoms with van der Waals surface area (Å²) in [6, 6.07) is 0. The largest absolute Gasteiger partial charge is 0.466 e. The molecule has 1 N–H and O–H groups in total. The summed E-state index contributed by atoms with van der Waals surface area (Å²) in [4.78, 5) is 25.7. The van der Waals surface area contributed by atoms with Crippen LogP contribution < -0.4 is 5.32 Å². The van der Waals surface area contributed by atoms with Crippen LogP contribution in [0.15, 0.2) is 0 Å². The molecule has 2 atom stereocenters. The summed E-state index contributed by atoms with van der Waals surface area (Å²) in [6.45, 7) is 5.28. The van der Waals surface area contributed by atoms with E-state index in [1.165, 1.54) is 0 Å². The normalized spacial score (nSPS) is 24.7. The molecule has 0 radical (unpaired) electrons. The molecule has 2 unspecified atom stereocenters. The van der Waals surface area contributed by atoms with Crippen molar-refractivity contribution in [2.24, 2.45) is 5.92 Å². The van der Waals surface area contributed by atoms with Gasteiger partial charge in [-0.25, -0.2) is 0 Å². The first kappa shape index (κ1) is 19.2. The fourth-order valence-electron chi connectivity index (χ4n) is 2.91. The number of carbonyl (C=O) groups excluding carboxylic acids is 2. The molecule has 0 bridgehead atoms. The second-order valence-electron chi connectivity index (χ2n) is 5.70. The van der Waals surface area contributed by atoms with Crippen molar-refractivity contribution in [1.82, 2.24) is 10.2 Å². The highest BCUT2D eigenvalue weighted by molar-refractivity contribution is 5.85. The maximum absolute atomic E-state index is 12.2. The van der Waals surface area contributed by atoms with Gasteiger partial charge in [-0.05, 0) is 32.6 Å². The predicted molar refractivity (Wildman–Crippen MR) is 85.0 cm³/mol. The number of nitrogens with zero attached hydrogens (tertiary/aromatic N) is 1. The maximum Gasteiger partial charge on any atom is 0.310 e. The van der Waals surface area contributed by atoms with Crippen LogP contribution in [0.3, 0.4) is 0 Å². The Kier molecular flexibility index (Phi) is 8.75.